The van der Waals surface area contributed by atoms with Gasteiger partial charge in [0, 0.05) is 36.9 Å². The van der Waals surface area contributed by atoms with Crippen LogP contribution < -0.4 is 5.32 Å². The molecule has 3 rings (SSSR count). The van der Waals surface area contributed by atoms with Crippen LogP contribution in [0.15, 0.2) is 18.2 Å². The number of nitrogens with one attached hydrogen (secondary N) is 1. The van der Waals surface area contributed by atoms with Crippen molar-refractivity contribution in [2.45, 2.75) is 44.7 Å². The molecule has 2 aliphatic rings. The predicted molar refractivity (Wildman–Crippen MR) is 90.9 cm³/mol. The molecule has 1 atom stereocenters. The van der Waals surface area contributed by atoms with E-state index in [0.29, 0.717) is 30.4 Å². The summed E-state index contributed by atoms with van der Waals surface area (Å²) in [6, 6.07) is 4.61. The first-order chi connectivity index (χ1) is 12.5. The Hall–Kier alpha value is -3.14. The van der Waals surface area contributed by atoms with E-state index in [2.05, 4.69) is 17.2 Å². The average molecular weight is 354 g/mol. The van der Waals surface area contributed by atoms with Crippen molar-refractivity contribution < 1.29 is 24.3 Å². The summed E-state index contributed by atoms with van der Waals surface area (Å²) in [7, 11) is 0. The van der Waals surface area contributed by atoms with Crippen molar-refractivity contribution in [3.05, 3.63) is 34.9 Å². The fourth-order valence-electron chi connectivity index (χ4n) is 3.19. The van der Waals surface area contributed by atoms with Crippen LogP contribution in [0.25, 0.3) is 0 Å². The molecular formula is C19H18N2O5. The molecule has 0 bridgehead atoms. The van der Waals surface area contributed by atoms with Crippen LogP contribution in [0, 0.1) is 11.8 Å². The highest BCUT2D eigenvalue weighted by molar-refractivity contribution is 6.05. The largest absolute Gasteiger partial charge is 0.481 e. The van der Waals surface area contributed by atoms with E-state index in [1.54, 1.807) is 12.1 Å². The summed E-state index contributed by atoms with van der Waals surface area (Å²) in [5, 5.41) is 10.9. The van der Waals surface area contributed by atoms with Crippen LogP contribution in [-0.2, 0) is 20.9 Å². The van der Waals surface area contributed by atoms with Gasteiger partial charge in [0.2, 0.25) is 11.8 Å². The molecule has 0 radical (unpaired) electrons. The Balaban J connectivity index is 1.75. The van der Waals surface area contributed by atoms with Gasteiger partial charge in [-0.3, -0.25) is 24.5 Å². The van der Waals surface area contributed by atoms with E-state index in [1.165, 1.54) is 4.90 Å². The first kappa shape index (κ1) is 17.7. The quantitative estimate of drug-likeness (QED) is 0.478. The maximum absolute atomic E-state index is 12.7. The monoisotopic (exact) mass is 354 g/mol. The highest BCUT2D eigenvalue weighted by Crippen LogP contribution is 2.29. The number of hydrogen-bond donors (Lipinski definition) is 2. The van der Waals surface area contributed by atoms with E-state index in [4.69, 9.17) is 5.11 Å². The van der Waals surface area contributed by atoms with Crippen molar-refractivity contribution in [3.63, 3.8) is 0 Å². The minimum absolute atomic E-state index is 0.0728. The first-order valence-electron chi connectivity index (χ1n) is 8.44. The summed E-state index contributed by atoms with van der Waals surface area (Å²) in [6.07, 6.45) is 1.54. The van der Waals surface area contributed by atoms with Gasteiger partial charge in [-0.15, -0.1) is 0 Å². The van der Waals surface area contributed by atoms with E-state index >= 15 is 0 Å². The Morgan fingerprint density at radius 1 is 1.31 bits per heavy atom. The zero-order valence-electron chi connectivity index (χ0n) is 14.1. The lowest BCUT2D eigenvalue weighted by atomic mass is 10.0. The molecule has 2 aliphatic heterocycles. The van der Waals surface area contributed by atoms with Crippen LogP contribution in [0.4, 0.5) is 0 Å². The second-order valence-electron chi connectivity index (χ2n) is 6.28. The van der Waals surface area contributed by atoms with Crippen molar-refractivity contribution in [1.82, 2.24) is 10.2 Å². The van der Waals surface area contributed by atoms with Gasteiger partial charge in [0.25, 0.3) is 5.91 Å². The Morgan fingerprint density at radius 3 is 2.85 bits per heavy atom. The second kappa shape index (κ2) is 7.40. The van der Waals surface area contributed by atoms with Gasteiger partial charge in [0.15, 0.2) is 0 Å². The topological polar surface area (TPSA) is 104 Å². The number of carbonyl (C=O) groups excluding carboxylic acids is 3. The van der Waals surface area contributed by atoms with Gasteiger partial charge in [0.05, 0.1) is 0 Å². The summed E-state index contributed by atoms with van der Waals surface area (Å²) < 4.78 is 0. The molecule has 134 valence electrons. The van der Waals surface area contributed by atoms with Gasteiger partial charge in [-0.2, -0.15) is 0 Å². The van der Waals surface area contributed by atoms with Gasteiger partial charge in [0.1, 0.15) is 6.04 Å². The molecule has 7 heteroatoms. The molecule has 2 heterocycles. The molecule has 1 saturated heterocycles. The maximum Gasteiger partial charge on any atom is 0.303 e. The number of benzene rings is 1. The van der Waals surface area contributed by atoms with Crippen LogP contribution in [0.3, 0.4) is 0 Å². The Bertz CT molecular complexity index is 849. The van der Waals surface area contributed by atoms with Crippen molar-refractivity contribution in [1.29, 1.82) is 0 Å². The number of carboxylic acids is 1. The molecule has 3 amide bonds. The van der Waals surface area contributed by atoms with Crippen LogP contribution >= 0.6 is 0 Å². The number of imide groups is 1. The lowest BCUT2D eigenvalue weighted by Gasteiger charge is -2.29. The minimum atomic E-state index is -0.849. The molecule has 0 spiro atoms. The number of fused-ring (bicyclic) bond motifs is 1. The molecule has 1 unspecified atom stereocenters. The molecule has 1 aromatic carbocycles. The van der Waals surface area contributed by atoms with E-state index < -0.39 is 17.9 Å². The number of carboxylic acid groups (broad SMARTS) is 1. The average Bonchev–Trinajstić information content (AvgIpc) is 2.92. The van der Waals surface area contributed by atoms with Crippen LogP contribution in [0.5, 0.6) is 0 Å². The molecule has 1 aromatic rings. The van der Waals surface area contributed by atoms with E-state index in [-0.39, 0.29) is 31.2 Å². The fourth-order valence-corrected chi connectivity index (χ4v) is 3.19. The molecule has 2 N–H and O–H groups in total. The number of amides is 3. The second-order valence-corrected chi connectivity index (χ2v) is 6.28. The zero-order chi connectivity index (χ0) is 18.7. The summed E-state index contributed by atoms with van der Waals surface area (Å²) >= 11 is 0. The SMILES string of the molecule is O=C(O)CCCC#Cc1cccc2c1CN(C1CCC(=O)NC1=O)C2=O. The van der Waals surface area contributed by atoms with Gasteiger partial charge in [-0.05, 0) is 30.5 Å². The normalized spacial score (nSPS) is 18.8. The number of hydrogen-bond acceptors (Lipinski definition) is 4. The lowest BCUT2D eigenvalue weighted by molar-refractivity contribution is -0.138. The number of unbranched alkanes of at least 4 members (excludes halogenated alkanes) is 1. The highest BCUT2D eigenvalue weighted by atomic mass is 16.4. The summed E-state index contributed by atoms with van der Waals surface area (Å²) in [5.74, 6) is 4.11. The summed E-state index contributed by atoms with van der Waals surface area (Å²) in [4.78, 5) is 48.1. The van der Waals surface area contributed by atoms with E-state index in [1.807, 2.05) is 6.07 Å². The third-order valence-corrected chi connectivity index (χ3v) is 4.50. The number of carbonyl (C=O) groups is 4. The number of piperidine rings is 1. The van der Waals surface area contributed by atoms with Crippen LogP contribution in [0.2, 0.25) is 0 Å². The lowest BCUT2D eigenvalue weighted by Crippen LogP contribution is -2.52. The summed E-state index contributed by atoms with van der Waals surface area (Å²) in [6.45, 7) is 0.278. The molecule has 0 aromatic heterocycles. The molecule has 7 nitrogen and oxygen atoms in total. The number of aliphatic carboxylic acids is 1. The smallest absolute Gasteiger partial charge is 0.303 e. The van der Waals surface area contributed by atoms with Crippen LogP contribution in [-0.4, -0.2) is 39.7 Å². The molecule has 26 heavy (non-hydrogen) atoms. The van der Waals surface area contributed by atoms with Crippen molar-refractivity contribution in [2.24, 2.45) is 0 Å². The summed E-state index contributed by atoms with van der Waals surface area (Å²) in [5.41, 5.74) is 2.00. The predicted octanol–water partition coefficient (Wildman–Crippen LogP) is 1.05. The Morgan fingerprint density at radius 2 is 2.12 bits per heavy atom. The third-order valence-electron chi connectivity index (χ3n) is 4.50. The van der Waals surface area contributed by atoms with Gasteiger partial charge >= 0.3 is 5.97 Å². The first-order valence-corrected chi connectivity index (χ1v) is 8.44. The highest BCUT2D eigenvalue weighted by Gasteiger charge is 2.39. The molecule has 0 saturated carbocycles. The zero-order valence-corrected chi connectivity index (χ0v) is 14.1. The Kier molecular flexibility index (Phi) is 5.03. The minimum Gasteiger partial charge on any atom is -0.481 e. The number of nitrogens with zero attached hydrogens (tertiary/aromatic N) is 1. The Labute approximate surface area is 150 Å². The third kappa shape index (κ3) is 3.59. The van der Waals surface area contributed by atoms with Crippen LogP contribution in [0.1, 0.15) is 53.6 Å². The number of rotatable bonds is 4. The fraction of sp³-hybridized carbons (Fsp3) is 0.368. The standard InChI is InChI=1S/C19H18N2O5/c22-16-10-9-15(18(25)20-16)21-11-14-12(5-2-1-3-8-17(23)24)6-4-7-13(14)19(21)26/h4,6-7,15H,1,3,8-11H2,(H,23,24)(H,20,22,25). The molecular weight excluding hydrogens is 336 g/mol. The van der Waals surface area contributed by atoms with Crippen molar-refractivity contribution in [2.75, 3.05) is 0 Å². The van der Waals surface area contributed by atoms with E-state index in [9.17, 15) is 19.2 Å². The van der Waals surface area contributed by atoms with Crippen molar-refractivity contribution >= 4 is 23.7 Å². The van der Waals surface area contributed by atoms with Gasteiger partial charge in [-0.25, -0.2) is 0 Å². The van der Waals surface area contributed by atoms with Gasteiger partial charge in [-0.1, -0.05) is 17.9 Å². The van der Waals surface area contributed by atoms with Gasteiger partial charge < -0.3 is 10.0 Å². The maximum atomic E-state index is 12.7. The van der Waals surface area contributed by atoms with Crippen molar-refractivity contribution in [3.8, 4) is 11.8 Å². The molecule has 0 aliphatic carbocycles. The van der Waals surface area contributed by atoms with E-state index in [0.717, 1.165) is 5.56 Å². The molecule has 1 fully saturated rings.